The second-order valence-electron chi connectivity index (χ2n) is 4.24. The molecule has 3 rings (SSSR count). The SMILES string of the molecule is O=C(O)c1nnn(-c2ccc(Oc3ncc(Cl)cc3F)cc2)n1. The number of hydrogen-bond acceptors (Lipinski definition) is 6. The highest BCUT2D eigenvalue weighted by molar-refractivity contribution is 6.30. The number of carbonyl (C=O) groups is 1. The van der Waals surface area contributed by atoms with E-state index in [0.717, 1.165) is 10.9 Å². The molecule has 0 spiro atoms. The van der Waals surface area contributed by atoms with Gasteiger partial charge in [0.2, 0.25) is 0 Å². The van der Waals surface area contributed by atoms with E-state index in [-0.39, 0.29) is 10.9 Å². The van der Waals surface area contributed by atoms with Crippen LogP contribution >= 0.6 is 11.6 Å². The average molecular weight is 336 g/mol. The largest absolute Gasteiger partial charge is 0.475 e. The van der Waals surface area contributed by atoms with Gasteiger partial charge in [0.05, 0.1) is 10.7 Å². The zero-order valence-electron chi connectivity index (χ0n) is 11.2. The van der Waals surface area contributed by atoms with Gasteiger partial charge in [-0.15, -0.1) is 15.0 Å². The number of pyridine rings is 1. The van der Waals surface area contributed by atoms with E-state index in [4.69, 9.17) is 21.4 Å². The minimum absolute atomic E-state index is 0.164. The number of benzene rings is 1. The summed E-state index contributed by atoms with van der Waals surface area (Å²) in [6.45, 7) is 0. The van der Waals surface area contributed by atoms with Crippen molar-refractivity contribution in [1.82, 2.24) is 25.2 Å². The zero-order valence-corrected chi connectivity index (χ0v) is 12.0. The van der Waals surface area contributed by atoms with Crippen LogP contribution in [-0.2, 0) is 0 Å². The van der Waals surface area contributed by atoms with Crippen LogP contribution in [0.25, 0.3) is 5.69 Å². The fourth-order valence-corrected chi connectivity index (χ4v) is 1.79. The summed E-state index contributed by atoms with van der Waals surface area (Å²) in [7, 11) is 0. The van der Waals surface area contributed by atoms with Crippen molar-refractivity contribution in [3.63, 3.8) is 0 Å². The molecule has 0 bridgehead atoms. The predicted octanol–water partition coefficient (Wildman–Crippen LogP) is 2.34. The van der Waals surface area contributed by atoms with Gasteiger partial charge >= 0.3 is 5.97 Å². The lowest BCUT2D eigenvalue weighted by Crippen LogP contribution is -2.02. The topological polar surface area (TPSA) is 103 Å². The maximum Gasteiger partial charge on any atom is 0.377 e. The lowest BCUT2D eigenvalue weighted by molar-refractivity contribution is 0.0683. The molecule has 1 aromatic carbocycles. The fourth-order valence-electron chi connectivity index (χ4n) is 1.65. The molecule has 2 aromatic heterocycles. The number of halogens is 2. The van der Waals surface area contributed by atoms with Gasteiger partial charge in [0.15, 0.2) is 5.82 Å². The molecule has 0 radical (unpaired) electrons. The van der Waals surface area contributed by atoms with Gasteiger partial charge in [-0.1, -0.05) is 11.6 Å². The molecule has 8 nitrogen and oxygen atoms in total. The average Bonchev–Trinajstić information content (AvgIpc) is 3.01. The second-order valence-corrected chi connectivity index (χ2v) is 4.68. The van der Waals surface area contributed by atoms with E-state index in [9.17, 15) is 9.18 Å². The lowest BCUT2D eigenvalue weighted by atomic mass is 10.3. The van der Waals surface area contributed by atoms with E-state index in [2.05, 4.69) is 20.4 Å². The number of aromatic carboxylic acids is 1. The molecule has 0 amide bonds. The number of carboxylic acid groups (broad SMARTS) is 1. The Hall–Kier alpha value is -3.07. The maximum atomic E-state index is 13.6. The van der Waals surface area contributed by atoms with Crippen molar-refractivity contribution in [1.29, 1.82) is 0 Å². The highest BCUT2D eigenvalue weighted by Crippen LogP contribution is 2.24. The number of rotatable bonds is 4. The molecule has 0 saturated carbocycles. The molecule has 0 atom stereocenters. The summed E-state index contributed by atoms with van der Waals surface area (Å²) in [6, 6.07) is 7.24. The van der Waals surface area contributed by atoms with Crippen LogP contribution in [0.3, 0.4) is 0 Å². The van der Waals surface area contributed by atoms with Crippen LogP contribution in [0.4, 0.5) is 4.39 Å². The molecule has 0 saturated heterocycles. The monoisotopic (exact) mass is 335 g/mol. The molecule has 0 aliphatic heterocycles. The third-order valence-electron chi connectivity index (χ3n) is 2.66. The summed E-state index contributed by atoms with van der Waals surface area (Å²) in [5.41, 5.74) is 0.460. The Morgan fingerprint density at radius 3 is 2.65 bits per heavy atom. The van der Waals surface area contributed by atoms with Gasteiger partial charge in [0.25, 0.3) is 11.7 Å². The first kappa shape index (κ1) is 14.9. The number of carboxylic acids is 1. The van der Waals surface area contributed by atoms with Crippen molar-refractivity contribution in [2.24, 2.45) is 0 Å². The minimum atomic E-state index is -1.28. The van der Waals surface area contributed by atoms with Crippen LogP contribution in [0.2, 0.25) is 5.02 Å². The van der Waals surface area contributed by atoms with E-state index >= 15 is 0 Å². The van der Waals surface area contributed by atoms with Crippen LogP contribution in [0.5, 0.6) is 11.6 Å². The van der Waals surface area contributed by atoms with Crippen molar-refractivity contribution in [2.75, 3.05) is 0 Å². The molecule has 10 heteroatoms. The summed E-state index contributed by atoms with van der Waals surface area (Å²) in [5, 5.41) is 19.6. The van der Waals surface area contributed by atoms with Crippen molar-refractivity contribution < 1.29 is 19.0 Å². The third-order valence-corrected chi connectivity index (χ3v) is 2.87. The fraction of sp³-hybridized carbons (Fsp3) is 0. The van der Waals surface area contributed by atoms with E-state index < -0.39 is 17.6 Å². The molecule has 23 heavy (non-hydrogen) atoms. The molecule has 0 aliphatic rings. The summed E-state index contributed by atoms with van der Waals surface area (Å²) in [6.07, 6.45) is 1.26. The molecule has 1 N–H and O–H groups in total. The first-order valence-electron chi connectivity index (χ1n) is 6.15. The summed E-state index contributed by atoms with van der Waals surface area (Å²) in [5.74, 6) is -2.28. The summed E-state index contributed by atoms with van der Waals surface area (Å²) >= 11 is 5.61. The molecular formula is C13H7ClFN5O3. The van der Waals surface area contributed by atoms with Gasteiger partial charge in [-0.2, -0.15) is 0 Å². The zero-order chi connectivity index (χ0) is 16.4. The van der Waals surface area contributed by atoms with Gasteiger partial charge in [-0.3, -0.25) is 0 Å². The van der Waals surface area contributed by atoms with Gasteiger partial charge < -0.3 is 9.84 Å². The van der Waals surface area contributed by atoms with Gasteiger partial charge in [0.1, 0.15) is 5.75 Å². The Balaban J connectivity index is 1.80. The Kier molecular flexibility index (Phi) is 3.85. The minimum Gasteiger partial charge on any atom is -0.475 e. The van der Waals surface area contributed by atoms with E-state index in [1.54, 1.807) is 12.1 Å². The number of nitrogens with zero attached hydrogens (tertiary/aromatic N) is 5. The van der Waals surface area contributed by atoms with E-state index in [0.29, 0.717) is 11.4 Å². The molecule has 116 valence electrons. The number of ether oxygens (including phenoxy) is 1. The lowest BCUT2D eigenvalue weighted by Gasteiger charge is -2.06. The number of aromatic nitrogens is 5. The maximum absolute atomic E-state index is 13.6. The van der Waals surface area contributed by atoms with E-state index in [1.165, 1.54) is 18.3 Å². The molecule has 3 aromatic rings. The number of hydrogen-bond donors (Lipinski definition) is 1. The van der Waals surface area contributed by atoms with Crippen molar-refractivity contribution >= 4 is 17.6 Å². The Morgan fingerprint density at radius 1 is 1.30 bits per heavy atom. The highest BCUT2D eigenvalue weighted by Gasteiger charge is 2.12. The molecule has 0 unspecified atom stereocenters. The van der Waals surface area contributed by atoms with Crippen molar-refractivity contribution in [2.45, 2.75) is 0 Å². The third kappa shape index (κ3) is 3.24. The summed E-state index contributed by atoms with van der Waals surface area (Å²) in [4.78, 5) is 15.5. The first-order valence-corrected chi connectivity index (χ1v) is 6.53. The van der Waals surface area contributed by atoms with Crippen LogP contribution in [-0.4, -0.2) is 36.3 Å². The molecular weight excluding hydrogens is 329 g/mol. The highest BCUT2D eigenvalue weighted by atomic mass is 35.5. The standard InChI is InChI=1S/C13H7ClFN5O3/c14-7-5-10(15)12(16-6-7)23-9-3-1-8(2-4-9)20-18-11(13(21)22)17-19-20/h1-6H,(H,21,22). The normalized spacial score (nSPS) is 10.5. The quantitative estimate of drug-likeness (QED) is 0.780. The van der Waals surface area contributed by atoms with Crippen molar-refractivity contribution in [3.05, 3.63) is 53.2 Å². The van der Waals surface area contributed by atoms with Crippen molar-refractivity contribution in [3.8, 4) is 17.3 Å². The van der Waals surface area contributed by atoms with Gasteiger partial charge in [0, 0.05) is 6.20 Å². The second kappa shape index (κ2) is 5.97. The van der Waals surface area contributed by atoms with Crippen LogP contribution < -0.4 is 4.74 Å². The molecule has 0 aliphatic carbocycles. The van der Waals surface area contributed by atoms with E-state index in [1.807, 2.05) is 0 Å². The van der Waals surface area contributed by atoms with Gasteiger partial charge in [-0.25, -0.2) is 14.2 Å². The predicted molar refractivity (Wildman–Crippen MR) is 75.4 cm³/mol. The van der Waals surface area contributed by atoms with Crippen LogP contribution in [0.15, 0.2) is 36.5 Å². The number of tetrazole rings is 1. The Labute approximate surface area is 133 Å². The molecule has 2 heterocycles. The smallest absolute Gasteiger partial charge is 0.377 e. The molecule has 0 fully saturated rings. The Morgan fingerprint density at radius 2 is 2.04 bits per heavy atom. The van der Waals surface area contributed by atoms with Gasteiger partial charge in [-0.05, 0) is 35.5 Å². The Bertz CT molecular complexity index is 868. The summed E-state index contributed by atoms with van der Waals surface area (Å²) < 4.78 is 18.9. The van der Waals surface area contributed by atoms with Crippen LogP contribution in [0.1, 0.15) is 10.6 Å². The first-order chi connectivity index (χ1) is 11.0. The van der Waals surface area contributed by atoms with Crippen LogP contribution in [0, 0.1) is 5.82 Å².